The van der Waals surface area contributed by atoms with Gasteiger partial charge in [-0.1, -0.05) is 46.3 Å². The Hall–Kier alpha value is -2.09. The van der Waals surface area contributed by atoms with Gasteiger partial charge in [0.2, 0.25) is 0 Å². The van der Waals surface area contributed by atoms with Gasteiger partial charge in [0.25, 0.3) is 0 Å². The van der Waals surface area contributed by atoms with Crippen LogP contribution in [0.2, 0.25) is 0 Å². The van der Waals surface area contributed by atoms with E-state index >= 15 is 0 Å². The molecule has 8 heteroatoms. The molecule has 0 saturated carbocycles. The van der Waals surface area contributed by atoms with E-state index in [9.17, 15) is 22.4 Å². The van der Waals surface area contributed by atoms with Gasteiger partial charge < -0.3 is 4.74 Å². The molecule has 0 atom stereocenters. The van der Waals surface area contributed by atoms with E-state index in [0.717, 1.165) is 0 Å². The first-order valence-corrected chi connectivity index (χ1v) is 7.10. The van der Waals surface area contributed by atoms with Gasteiger partial charge in [-0.2, -0.15) is 13.2 Å². The fraction of sp³-hybridized carbons (Fsp3) is 0.133. The molecule has 2 aromatic carbocycles. The molecule has 1 N–H and O–H groups in total. The highest BCUT2D eigenvalue weighted by atomic mass is 79.9. The second kappa shape index (κ2) is 6.99. The molecule has 23 heavy (non-hydrogen) atoms. The minimum atomic E-state index is -4.68. The number of hydrogen-bond donors (Lipinski definition) is 1. The molecule has 122 valence electrons. The van der Waals surface area contributed by atoms with Crippen LogP contribution in [0.25, 0.3) is 0 Å². The summed E-state index contributed by atoms with van der Waals surface area (Å²) in [7, 11) is 0. The van der Waals surface area contributed by atoms with Gasteiger partial charge in [0.1, 0.15) is 12.4 Å². The lowest BCUT2D eigenvalue weighted by molar-refractivity contribution is -0.138. The first-order valence-electron chi connectivity index (χ1n) is 6.31. The molecule has 0 aliphatic heterocycles. The molecule has 0 bridgehead atoms. The summed E-state index contributed by atoms with van der Waals surface area (Å²) in [6.45, 7) is -0.0864. The molecular formula is C15H10BrF4NO2. The molecular weight excluding hydrogens is 382 g/mol. The third-order valence-electron chi connectivity index (χ3n) is 2.81. The number of carbonyl (C=O) groups is 1. The highest BCUT2D eigenvalue weighted by molar-refractivity contribution is 9.10. The number of carbonyl (C=O) groups excluding carboxylic acids is 1. The average Bonchev–Trinajstić information content (AvgIpc) is 2.48. The van der Waals surface area contributed by atoms with Crippen LogP contribution >= 0.6 is 15.9 Å². The summed E-state index contributed by atoms with van der Waals surface area (Å²) in [5, 5.41) is 1.96. The van der Waals surface area contributed by atoms with Crippen LogP contribution in [0.3, 0.4) is 0 Å². The summed E-state index contributed by atoms with van der Waals surface area (Å²) in [6, 6.07) is 9.80. The van der Waals surface area contributed by atoms with Crippen LogP contribution in [0.1, 0.15) is 11.1 Å². The van der Waals surface area contributed by atoms with Crippen LogP contribution in [0.15, 0.2) is 46.9 Å². The highest BCUT2D eigenvalue weighted by Crippen LogP contribution is 2.37. The van der Waals surface area contributed by atoms with E-state index in [-0.39, 0.29) is 6.61 Å². The monoisotopic (exact) mass is 391 g/mol. The van der Waals surface area contributed by atoms with Gasteiger partial charge in [0.05, 0.1) is 11.3 Å². The lowest BCUT2D eigenvalue weighted by Gasteiger charge is -2.13. The summed E-state index contributed by atoms with van der Waals surface area (Å²) in [5.74, 6) is -1.01. The van der Waals surface area contributed by atoms with Gasteiger partial charge >= 0.3 is 12.3 Å². The number of alkyl halides is 3. The van der Waals surface area contributed by atoms with Gasteiger partial charge in [-0.25, -0.2) is 9.18 Å². The van der Waals surface area contributed by atoms with Crippen molar-refractivity contribution in [3.05, 3.63) is 63.9 Å². The second-order valence-corrected chi connectivity index (χ2v) is 5.35. The van der Waals surface area contributed by atoms with Crippen LogP contribution in [0.5, 0.6) is 0 Å². The van der Waals surface area contributed by atoms with Gasteiger partial charge in [-0.3, -0.25) is 5.32 Å². The predicted octanol–water partition coefficient (Wildman–Crippen LogP) is 5.36. The molecule has 0 fully saturated rings. The van der Waals surface area contributed by atoms with E-state index in [1.165, 1.54) is 0 Å². The summed E-state index contributed by atoms with van der Waals surface area (Å²) >= 11 is 2.64. The number of nitrogens with one attached hydrogen (secondary N) is 1. The zero-order valence-corrected chi connectivity index (χ0v) is 13.0. The zero-order chi connectivity index (χ0) is 17.0. The van der Waals surface area contributed by atoms with E-state index in [2.05, 4.69) is 15.9 Å². The van der Waals surface area contributed by atoms with Gasteiger partial charge in [0, 0.05) is 4.47 Å². The molecule has 2 aromatic rings. The Morgan fingerprint density at radius 3 is 2.43 bits per heavy atom. The molecule has 0 saturated heterocycles. The molecule has 0 unspecified atom stereocenters. The first kappa shape index (κ1) is 17.3. The normalized spacial score (nSPS) is 11.2. The number of benzene rings is 2. The minimum Gasteiger partial charge on any atom is -0.444 e. The Morgan fingerprint density at radius 2 is 1.83 bits per heavy atom. The number of rotatable bonds is 3. The van der Waals surface area contributed by atoms with Crippen molar-refractivity contribution in [2.24, 2.45) is 0 Å². The fourth-order valence-electron chi connectivity index (χ4n) is 1.73. The van der Waals surface area contributed by atoms with Crippen LogP contribution in [0, 0.1) is 5.82 Å². The molecule has 0 aliphatic carbocycles. The summed E-state index contributed by atoms with van der Waals surface area (Å²) in [6.07, 6.45) is -5.74. The number of ether oxygens (including phenoxy) is 1. The zero-order valence-electron chi connectivity index (χ0n) is 11.5. The highest BCUT2D eigenvalue weighted by Gasteiger charge is 2.34. The Labute approximate surface area is 137 Å². The quantitative estimate of drug-likeness (QED) is 0.715. The van der Waals surface area contributed by atoms with Crippen molar-refractivity contribution in [2.75, 3.05) is 5.32 Å². The van der Waals surface area contributed by atoms with Crippen molar-refractivity contribution in [3.8, 4) is 0 Å². The van der Waals surface area contributed by atoms with Crippen molar-refractivity contribution in [1.82, 2.24) is 0 Å². The van der Waals surface area contributed by atoms with Gasteiger partial charge in [-0.05, 0) is 17.7 Å². The number of anilines is 1. The number of amides is 1. The average molecular weight is 392 g/mol. The van der Waals surface area contributed by atoms with E-state index < -0.39 is 33.8 Å². The topological polar surface area (TPSA) is 38.3 Å². The molecule has 2 rings (SSSR count). The maximum atomic E-state index is 13.7. The molecule has 0 spiro atoms. The maximum Gasteiger partial charge on any atom is 0.417 e. The van der Waals surface area contributed by atoms with Crippen molar-refractivity contribution >= 4 is 27.7 Å². The summed E-state index contributed by atoms with van der Waals surface area (Å²) < 4.78 is 56.4. The van der Waals surface area contributed by atoms with Crippen LogP contribution in [0.4, 0.5) is 28.0 Å². The molecule has 3 nitrogen and oxygen atoms in total. The lowest BCUT2D eigenvalue weighted by Crippen LogP contribution is -2.16. The van der Waals surface area contributed by atoms with Crippen molar-refractivity contribution in [2.45, 2.75) is 12.8 Å². The molecule has 0 aliphatic rings. The maximum absolute atomic E-state index is 13.7. The Kier molecular flexibility index (Phi) is 5.25. The largest absolute Gasteiger partial charge is 0.444 e. The van der Waals surface area contributed by atoms with Gasteiger partial charge in [-0.15, -0.1) is 0 Å². The Bertz CT molecular complexity index is 705. The van der Waals surface area contributed by atoms with Crippen molar-refractivity contribution in [1.29, 1.82) is 0 Å². The van der Waals surface area contributed by atoms with Gasteiger partial charge in [0.15, 0.2) is 0 Å². The SMILES string of the molecule is O=C(Nc1cc(C(F)(F)F)c(Br)cc1F)OCc1ccccc1. The summed E-state index contributed by atoms with van der Waals surface area (Å²) in [4.78, 5) is 11.6. The van der Waals surface area contributed by atoms with Crippen molar-refractivity contribution in [3.63, 3.8) is 0 Å². The Balaban J connectivity index is 2.09. The summed E-state index contributed by atoms with van der Waals surface area (Å²) in [5.41, 5.74) is -1.02. The molecule has 0 radical (unpaired) electrons. The minimum absolute atomic E-state index is 0.0864. The first-order chi connectivity index (χ1) is 10.8. The fourth-order valence-corrected chi connectivity index (χ4v) is 2.27. The van der Waals surface area contributed by atoms with E-state index in [1.54, 1.807) is 30.3 Å². The van der Waals surface area contributed by atoms with E-state index in [4.69, 9.17) is 4.74 Å². The van der Waals surface area contributed by atoms with E-state index in [1.807, 2.05) is 5.32 Å². The number of halogens is 5. The van der Waals surface area contributed by atoms with Crippen LogP contribution in [-0.4, -0.2) is 6.09 Å². The smallest absolute Gasteiger partial charge is 0.417 e. The predicted molar refractivity (Wildman–Crippen MR) is 79.4 cm³/mol. The standard InChI is InChI=1S/C15H10BrF4NO2/c16-11-7-12(17)13(6-10(11)15(18,19)20)21-14(22)23-8-9-4-2-1-3-5-9/h1-7H,8H2,(H,21,22). The second-order valence-electron chi connectivity index (χ2n) is 4.50. The lowest BCUT2D eigenvalue weighted by atomic mass is 10.2. The third kappa shape index (κ3) is 4.69. The van der Waals surface area contributed by atoms with Crippen LogP contribution in [-0.2, 0) is 17.5 Å². The Morgan fingerprint density at radius 1 is 1.17 bits per heavy atom. The van der Waals surface area contributed by atoms with E-state index in [0.29, 0.717) is 17.7 Å². The molecule has 0 aromatic heterocycles. The van der Waals surface area contributed by atoms with Crippen LogP contribution < -0.4 is 5.32 Å². The number of hydrogen-bond acceptors (Lipinski definition) is 2. The molecule has 0 heterocycles. The third-order valence-corrected chi connectivity index (χ3v) is 3.47. The molecule has 1 amide bonds. The van der Waals surface area contributed by atoms with Crippen molar-refractivity contribution < 1.29 is 27.1 Å².